The highest BCUT2D eigenvalue weighted by Gasteiger charge is 2.28. The van der Waals surface area contributed by atoms with Crippen LogP contribution in [-0.4, -0.2) is 17.8 Å². The number of aryl methyl sites for hydroxylation is 1. The van der Waals surface area contributed by atoms with Crippen LogP contribution in [0.2, 0.25) is 0 Å². The third-order valence-corrected chi connectivity index (χ3v) is 2.31. The molecule has 0 atom stereocenters. The standard InChI is InChI=1S/C12H11F3N2O/c1-7-4-11(18-6-12(13,14)15)9-5-8(16)2-3-10(9)17-7/h2-5H,6,16H2,1H3. The molecule has 0 radical (unpaired) electrons. The van der Waals surface area contributed by atoms with Crippen LogP contribution in [0, 0.1) is 6.92 Å². The number of ether oxygens (including phenoxy) is 1. The molecule has 1 aromatic heterocycles. The lowest BCUT2D eigenvalue weighted by Gasteiger charge is -2.12. The third kappa shape index (κ3) is 2.82. The fourth-order valence-corrected chi connectivity index (χ4v) is 1.62. The van der Waals surface area contributed by atoms with E-state index < -0.39 is 12.8 Å². The molecule has 1 aromatic carbocycles. The number of fused-ring (bicyclic) bond motifs is 1. The molecule has 0 aliphatic carbocycles. The van der Waals surface area contributed by atoms with Crippen LogP contribution in [0.15, 0.2) is 24.3 Å². The molecule has 3 nitrogen and oxygen atoms in total. The summed E-state index contributed by atoms with van der Waals surface area (Å²) in [5.41, 5.74) is 7.20. The van der Waals surface area contributed by atoms with Crippen molar-refractivity contribution in [2.75, 3.05) is 12.3 Å². The van der Waals surface area contributed by atoms with Crippen molar-refractivity contribution in [1.29, 1.82) is 0 Å². The molecule has 0 amide bonds. The van der Waals surface area contributed by atoms with Crippen molar-refractivity contribution in [3.8, 4) is 5.75 Å². The molecule has 0 aliphatic rings. The maximum atomic E-state index is 12.2. The zero-order valence-electron chi connectivity index (χ0n) is 9.58. The number of nitrogens with zero attached hydrogens (tertiary/aromatic N) is 1. The highest BCUT2D eigenvalue weighted by molar-refractivity contribution is 5.87. The molecule has 6 heteroatoms. The topological polar surface area (TPSA) is 48.1 Å². The van der Waals surface area contributed by atoms with E-state index in [1.165, 1.54) is 6.07 Å². The summed E-state index contributed by atoms with van der Waals surface area (Å²) in [6.07, 6.45) is -4.37. The summed E-state index contributed by atoms with van der Waals surface area (Å²) in [6.45, 7) is 0.358. The van der Waals surface area contributed by atoms with E-state index >= 15 is 0 Å². The Morgan fingerprint density at radius 2 is 2.00 bits per heavy atom. The van der Waals surface area contributed by atoms with Gasteiger partial charge in [0.15, 0.2) is 6.61 Å². The molecular formula is C12H11F3N2O. The smallest absolute Gasteiger partial charge is 0.422 e. The summed E-state index contributed by atoms with van der Waals surface area (Å²) in [5, 5.41) is 0.477. The minimum Gasteiger partial charge on any atom is -0.483 e. The predicted octanol–water partition coefficient (Wildman–Crippen LogP) is 3.07. The molecule has 18 heavy (non-hydrogen) atoms. The second kappa shape index (κ2) is 4.36. The van der Waals surface area contributed by atoms with Crippen molar-refractivity contribution < 1.29 is 17.9 Å². The van der Waals surface area contributed by atoms with E-state index in [9.17, 15) is 13.2 Å². The summed E-state index contributed by atoms with van der Waals surface area (Å²) >= 11 is 0. The molecule has 0 aliphatic heterocycles. The summed E-state index contributed by atoms with van der Waals surface area (Å²) < 4.78 is 41.3. The second-order valence-corrected chi connectivity index (χ2v) is 3.94. The monoisotopic (exact) mass is 256 g/mol. The minimum atomic E-state index is -4.37. The first kappa shape index (κ1) is 12.5. The van der Waals surface area contributed by atoms with Gasteiger partial charge in [-0.25, -0.2) is 0 Å². The van der Waals surface area contributed by atoms with Gasteiger partial charge < -0.3 is 10.5 Å². The number of benzene rings is 1. The SMILES string of the molecule is Cc1cc(OCC(F)(F)F)c2cc(N)ccc2n1. The number of alkyl halides is 3. The fraction of sp³-hybridized carbons (Fsp3) is 0.250. The Morgan fingerprint density at radius 1 is 1.28 bits per heavy atom. The molecule has 2 N–H and O–H groups in total. The Morgan fingerprint density at radius 3 is 2.67 bits per heavy atom. The summed E-state index contributed by atoms with van der Waals surface area (Å²) in [5.74, 6) is 0.141. The average Bonchev–Trinajstić information content (AvgIpc) is 2.25. The maximum absolute atomic E-state index is 12.2. The minimum absolute atomic E-state index is 0.141. The van der Waals surface area contributed by atoms with Crippen LogP contribution in [0.3, 0.4) is 0 Å². The Hall–Kier alpha value is -1.98. The number of anilines is 1. The highest BCUT2D eigenvalue weighted by atomic mass is 19.4. The van der Waals surface area contributed by atoms with E-state index in [1.807, 2.05) is 0 Å². The van der Waals surface area contributed by atoms with E-state index in [0.29, 0.717) is 22.3 Å². The zero-order chi connectivity index (χ0) is 13.3. The predicted molar refractivity (Wildman–Crippen MR) is 62.4 cm³/mol. The number of halogens is 3. The number of aromatic nitrogens is 1. The van der Waals surface area contributed by atoms with Crippen LogP contribution in [0.5, 0.6) is 5.75 Å². The van der Waals surface area contributed by atoms with E-state index in [1.54, 1.807) is 25.1 Å². The lowest BCUT2D eigenvalue weighted by Crippen LogP contribution is -2.19. The van der Waals surface area contributed by atoms with Gasteiger partial charge in [-0.3, -0.25) is 4.98 Å². The van der Waals surface area contributed by atoms with Crippen LogP contribution < -0.4 is 10.5 Å². The molecule has 0 spiro atoms. The van der Waals surface area contributed by atoms with Crippen molar-refractivity contribution in [2.24, 2.45) is 0 Å². The number of pyridine rings is 1. The van der Waals surface area contributed by atoms with Gasteiger partial charge >= 0.3 is 6.18 Å². The summed E-state index contributed by atoms with van der Waals surface area (Å²) in [7, 11) is 0. The van der Waals surface area contributed by atoms with E-state index in [2.05, 4.69) is 4.98 Å². The molecule has 0 unspecified atom stereocenters. The second-order valence-electron chi connectivity index (χ2n) is 3.94. The van der Waals surface area contributed by atoms with Crippen LogP contribution in [0.1, 0.15) is 5.69 Å². The zero-order valence-corrected chi connectivity index (χ0v) is 9.58. The van der Waals surface area contributed by atoms with Gasteiger partial charge in [0.25, 0.3) is 0 Å². The van der Waals surface area contributed by atoms with E-state index in [4.69, 9.17) is 10.5 Å². The first-order valence-corrected chi connectivity index (χ1v) is 5.21. The molecular weight excluding hydrogens is 245 g/mol. The molecule has 0 saturated carbocycles. The Kier molecular flexibility index (Phi) is 3.02. The average molecular weight is 256 g/mol. The van der Waals surface area contributed by atoms with Gasteiger partial charge in [0.2, 0.25) is 0 Å². The number of rotatable bonds is 2. The van der Waals surface area contributed by atoms with Crippen molar-refractivity contribution in [3.05, 3.63) is 30.0 Å². The quantitative estimate of drug-likeness (QED) is 0.840. The summed E-state index contributed by atoms with van der Waals surface area (Å²) in [6, 6.07) is 6.31. The number of nitrogen functional groups attached to an aromatic ring is 1. The Balaban J connectivity index is 2.44. The number of hydrogen-bond acceptors (Lipinski definition) is 3. The largest absolute Gasteiger partial charge is 0.483 e. The van der Waals surface area contributed by atoms with E-state index in [-0.39, 0.29) is 5.75 Å². The van der Waals surface area contributed by atoms with Crippen molar-refractivity contribution in [2.45, 2.75) is 13.1 Å². The van der Waals surface area contributed by atoms with Gasteiger partial charge in [0.1, 0.15) is 5.75 Å². The molecule has 96 valence electrons. The first-order chi connectivity index (χ1) is 8.35. The molecule has 0 bridgehead atoms. The van der Waals surface area contributed by atoms with Gasteiger partial charge in [0.05, 0.1) is 5.52 Å². The van der Waals surface area contributed by atoms with Gasteiger partial charge in [0, 0.05) is 22.8 Å². The fourth-order valence-electron chi connectivity index (χ4n) is 1.62. The molecule has 2 aromatic rings. The highest BCUT2D eigenvalue weighted by Crippen LogP contribution is 2.28. The molecule has 0 saturated heterocycles. The lowest BCUT2D eigenvalue weighted by atomic mass is 10.1. The normalized spacial score (nSPS) is 11.8. The van der Waals surface area contributed by atoms with Gasteiger partial charge in [-0.2, -0.15) is 13.2 Å². The summed E-state index contributed by atoms with van der Waals surface area (Å²) in [4.78, 5) is 4.21. The number of nitrogens with two attached hydrogens (primary N) is 1. The Labute approximate surface area is 101 Å². The third-order valence-electron chi connectivity index (χ3n) is 2.31. The van der Waals surface area contributed by atoms with Gasteiger partial charge in [-0.15, -0.1) is 0 Å². The van der Waals surface area contributed by atoms with E-state index in [0.717, 1.165) is 0 Å². The van der Waals surface area contributed by atoms with Crippen molar-refractivity contribution in [3.63, 3.8) is 0 Å². The van der Waals surface area contributed by atoms with Crippen molar-refractivity contribution in [1.82, 2.24) is 4.98 Å². The lowest BCUT2D eigenvalue weighted by molar-refractivity contribution is -0.153. The van der Waals surface area contributed by atoms with Crippen LogP contribution in [-0.2, 0) is 0 Å². The molecule has 0 fully saturated rings. The Bertz CT molecular complexity index is 581. The van der Waals surface area contributed by atoms with Crippen LogP contribution >= 0.6 is 0 Å². The maximum Gasteiger partial charge on any atom is 0.422 e. The molecule has 1 heterocycles. The first-order valence-electron chi connectivity index (χ1n) is 5.21. The van der Waals surface area contributed by atoms with Gasteiger partial charge in [-0.1, -0.05) is 0 Å². The van der Waals surface area contributed by atoms with Crippen LogP contribution in [0.4, 0.5) is 18.9 Å². The van der Waals surface area contributed by atoms with Gasteiger partial charge in [-0.05, 0) is 25.1 Å². The molecule has 2 rings (SSSR count). The number of hydrogen-bond donors (Lipinski definition) is 1. The van der Waals surface area contributed by atoms with Crippen molar-refractivity contribution >= 4 is 16.6 Å². The van der Waals surface area contributed by atoms with Crippen LogP contribution in [0.25, 0.3) is 10.9 Å².